The zero-order chi connectivity index (χ0) is 22.7. The molecule has 1 amide bonds. The standard InChI is InChI=1S/C18H16F6N2O4/c1-26-13(18(22,23)24)9-12(14(27)16(26)29)15(28)25-6-3-7-30-11-5-2-4-10(8-11)17(19,20)21/h2,4-5,8-9,27H,3,6-7H2,1H3,(H,25,28). The second-order valence-electron chi connectivity index (χ2n) is 6.14. The first-order valence-electron chi connectivity index (χ1n) is 8.41. The molecule has 0 radical (unpaired) electrons. The Morgan fingerprint density at radius 3 is 2.40 bits per heavy atom. The van der Waals surface area contributed by atoms with Gasteiger partial charge in [0.2, 0.25) is 0 Å². The molecule has 1 aromatic heterocycles. The Morgan fingerprint density at radius 2 is 1.80 bits per heavy atom. The van der Waals surface area contributed by atoms with Crippen molar-refractivity contribution in [2.24, 2.45) is 7.05 Å². The Balaban J connectivity index is 1.96. The minimum absolute atomic E-state index is 0.0461. The van der Waals surface area contributed by atoms with Crippen LogP contribution in [0.4, 0.5) is 26.3 Å². The number of rotatable bonds is 6. The van der Waals surface area contributed by atoms with E-state index in [0.29, 0.717) is 6.07 Å². The zero-order valence-electron chi connectivity index (χ0n) is 15.4. The maximum atomic E-state index is 13.0. The number of benzene rings is 1. The number of aromatic hydroxyl groups is 1. The number of pyridine rings is 1. The van der Waals surface area contributed by atoms with Crippen LogP contribution in [0.25, 0.3) is 0 Å². The van der Waals surface area contributed by atoms with Crippen LogP contribution in [0.15, 0.2) is 35.1 Å². The summed E-state index contributed by atoms with van der Waals surface area (Å²) in [5.41, 5.74) is -4.54. The molecule has 164 valence electrons. The molecule has 0 aliphatic heterocycles. The summed E-state index contributed by atoms with van der Waals surface area (Å²) in [6.07, 6.45) is -9.35. The molecule has 6 nitrogen and oxygen atoms in total. The molecule has 30 heavy (non-hydrogen) atoms. The van der Waals surface area contributed by atoms with Crippen molar-refractivity contribution in [1.82, 2.24) is 9.88 Å². The molecule has 12 heteroatoms. The summed E-state index contributed by atoms with van der Waals surface area (Å²) in [4.78, 5) is 23.8. The molecule has 0 atom stereocenters. The maximum absolute atomic E-state index is 13.0. The van der Waals surface area contributed by atoms with Crippen molar-refractivity contribution in [2.45, 2.75) is 18.8 Å². The number of hydrogen-bond acceptors (Lipinski definition) is 4. The van der Waals surface area contributed by atoms with Gasteiger partial charge in [-0.25, -0.2) is 0 Å². The van der Waals surface area contributed by atoms with Crippen molar-refractivity contribution in [3.8, 4) is 11.5 Å². The molecular weight excluding hydrogens is 422 g/mol. The van der Waals surface area contributed by atoms with Gasteiger partial charge in [0, 0.05) is 13.6 Å². The van der Waals surface area contributed by atoms with Crippen LogP contribution < -0.4 is 15.6 Å². The van der Waals surface area contributed by atoms with E-state index in [2.05, 4.69) is 5.32 Å². The van der Waals surface area contributed by atoms with Gasteiger partial charge in [-0.05, 0) is 30.7 Å². The number of aromatic nitrogens is 1. The van der Waals surface area contributed by atoms with Gasteiger partial charge in [0.05, 0.1) is 17.7 Å². The average Bonchev–Trinajstić information content (AvgIpc) is 2.64. The van der Waals surface area contributed by atoms with E-state index in [1.54, 1.807) is 0 Å². The van der Waals surface area contributed by atoms with Gasteiger partial charge >= 0.3 is 12.4 Å². The van der Waals surface area contributed by atoms with Crippen LogP contribution >= 0.6 is 0 Å². The lowest BCUT2D eigenvalue weighted by Crippen LogP contribution is -2.31. The van der Waals surface area contributed by atoms with Crippen LogP contribution in [-0.4, -0.2) is 28.7 Å². The van der Waals surface area contributed by atoms with Crippen molar-refractivity contribution in [3.05, 3.63) is 57.5 Å². The number of amides is 1. The van der Waals surface area contributed by atoms with Crippen LogP contribution in [0.1, 0.15) is 28.0 Å². The van der Waals surface area contributed by atoms with Gasteiger partial charge in [-0.3, -0.25) is 9.59 Å². The third kappa shape index (κ3) is 5.45. The van der Waals surface area contributed by atoms with Crippen molar-refractivity contribution < 1.29 is 41.0 Å². The second kappa shape index (κ2) is 8.67. The Kier molecular flexibility index (Phi) is 6.68. The summed E-state index contributed by atoms with van der Waals surface area (Å²) in [5.74, 6) is -2.30. The highest BCUT2D eigenvalue weighted by atomic mass is 19.4. The number of halogens is 6. The summed E-state index contributed by atoms with van der Waals surface area (Å²) in [7, 11) is 0.803. The SMILES string of the molecule is Cn1c(C(F)(F)F)cc(C(=O)NCCCOc2cccc(C(F)(F)F)c2)c(O)c1=O. The van der Waals surface area contributed by atoms with Gasteiger partial charge in [0.1, 0.15) is 11.4 Å². The van der Waals surface area contributed by atoms with Crippen LogP contribution in [0.5, 0.6) is 11.5 Å². The molecule has 1 heterocycles. The van der Waals surface area contributed by atoms with Crippen LogP contribution in [-0.2, 0) is 19.4 Å². The number of hydrogen-bond donors (Lipinski definition) is 2. The number of nitrogens with zero attached hydrogens (tertiary/aromatic N) is 1. The second-order valence-corrected chi connectivity index (χ2v) is 6.14. The minimum Gasteiger partial charge on any atom is -0.502 e. The average molecular weight is 438 g/mol. The molecule has 1 aromatic carbocycles. The van der Waals surface area contributed by atoms with Crippen LogP contribution in [0.2, 0.25) is 0 Å². The highest BCUT2D eigenvalue weighted by molar-refractivity contribution is 5.96. The monoisotopic (exact) mass is 438 g/mol. The quantitative estimate of drug-likeness (QED) is 0.536. The molecule has 0 aliphatic carbocycles. The van der Waals surface area contributed by atoms with E-state index in [1.165, 1.54) is 6.07 Å². The first-order valence-corrected chi connectivity index (χ1v) is 8.41. The Labute approximate surface area is 165 Å². The first-order chi connectivity index (χ1) is 13.8. The predicted molar refractivity (Wildman–Crippen MR) is 92.2 cm³/mol. The number of ether oxygens (including phenoxy) is 1. The number of alkyl halides is 6. The predicted octanol–water partition coefficient (Wildman–Crippen LogP) is 3.33. The summed E-state index contributed by atoms with van der Waals surface area (Å²) in [5, 5.41) is 11.9. The molecule has 2 aromatic rings. The van der Waals surface area contributed by atoms with E-state index in [1.807, 2.05) is 0 Å². The van der Waals surface area contributed by atoms with E-state index in [0.717, 1.165) is 25.2 Å². The normalized spacial score (nSPS) is 12.0. The first kappa shape index (κ1) is 23.1. The summed E-state index contributed by atoms with van der Waals surface area (Å²) in [6, 6.07) is 4.50. The van der Waals surface area contributed by atoms with Crippen molar-refractivity contribution >= 4 is 5.91 Å². The fourth-order valence-electron chi connectivity index (χ4n) is 2.45. The molecule has 2 rings (SSSR count). The van der Waals surface area contributed by atoms with E-state index < -0.39 is 46.4 Å². The summed E-state index contributed by atoms with van der Waals surface area (Å²) >= 11 is 0. The molecule has 0 bridgehead atoms. The fraction of sp³-hybridized carbons (Fsp3) is 0.333. The summed E-state index contributed by atoms with van der Waals surface area (Å²) in [6.45, 7) is -0.230. The summed E-state index contributed by atoms with van der Waals surface area (Å²) < 4.78 is 82.1. The van der Waals surface area contributed by atoms with Crippen molar-refractivity contribution in [2.75, 3.05) is 13.2 Å². The topological polar surface area (TPSA) is 80.6 Å². The van der Waals surface area contributed by atoms with Gasteiger partial charge < -0.3 is 19.7 Å². The van der Waals surface area contributed by atoms with Gasteiger partial charge in [0.25, 0.3) is 11.5 Å². The Morgan fingerprint density at radius 1 is 1.13 bits per heavy atom. The molecule has 0 fully saturated rings. The van der Waals surface area contributed by atoms with Gasteiger partial charge in [0.15, 0.2) is 5.75 Å². The Bertz CT molecular complexity index is 982. The fourth-order valence-corrected chi connectivity index (χ4v) is 2.45. The molecule has 0 aliphatic rings. The Hall–Kier alpha value is -3.18. The zero-order valence-corrected chi connectivity index (χ0v) is 15.4. The van der Waals surface area contributed by atoms with E-state index in [-0.39, 0.29) is 29.9 Å². The molecule has 0 unspecified atom stereocenters. The van der Waals surface area contributed by atoms with Crippen molar-refractivity contribution in [1.29, 1.82) is 0 Å². The lowest BCUT2D eigenvalue weighted by atomic mass is 10.1. The van der Waals surface area contributed by atoms with E-state index in [4.69, 9.17) is 4.74 Å². The van der Waals surface area contributed by atoms with Crippen LogP contribution in [0.3, 0.4) is 0 Å². The molecule has 0 saturated heterocycles. The highest BCUT2D eigenvalue weighted by Gasteiger charge is 2.36. The van der Waals surface area contributed by atoms with E-state index in [9.17, 15) is 41.0 Å². The number of carbonyl (C=O) groups excluding carboxylic acids is 1. The van der Waals surface area contributed by atoms with Gasteiger partial charge in [-0.2, -0.15) is 26.3 Å². The largest absolute Gasteiger partial charge is 0.502 e. The minimum atomic E-state index is -4.92. The lowest BCUT2D eigenvalue weighted by Gasteiger charge is -2.14. The number of carbonyl (C=O) groups is 1. The molecular formula is C18H16F6N2O4. The number of nitrogens with one attached hydrogen (secondary N) is 1. The van der Waals surface area contributed by atoms with E-state index >= 15 is 0 Å². The molecule has 0 saturated carbocycles. The lowest BCUT2D eigenvalue weighted by molar-refractivity contribution is -0.143. The maximum Gasteiger partial charge on any atom is 0.431 e. The van der Waals surface area contributed by atoms with Crippen LogP contribution in [0, 0.1) is 0 Å². The smallest absolute Gasteiger partial charge is 0.431 e. The third-order valence-electron chi connectivity index (χ3n) is 3.98. The molecule has 2 N–H and O–H groups in total. The third-order valence-corrected chi connectivity index (χ3v) is 3.98. The van der Waals surface area contributed by atoms with Gasteiger partial charge in [-0.1, -0.05) is 6.07 Å². The highest BCUT2D eigenvalue weighted by Crippen LogP contribution is 2.31. The van der Waals surface area contributed by atoms with Crippen molar-refractivity contribution in [3.63, 3.8) is 0 Å². The van der Waals surface area contributed by atoms with Gasteiger partial charge in [-0.15, -0.1) is 0 Å². The molecule has 0 spiro atoms.